The Kier molecular flexibility index (Phi) is 4.31. The number of hydrogen-bond acceptors (Lipinski definition) is 0. The van der Waals surface area contributed by atoms with Gasteiger partial charge in [-0.3, -0.25) is 0 Å². The van der Waals surface area contributed by atoms with Crippen LogP contribution in [0.3, 0.4) is 0 Å². The Morgan fingerprint density at radius 1 is 1.67 bits per heavy atom. The first-order chi connectivity index (χ1) is 2.91. The van der Waals surface area contributed by atoms with Crippen molar-refractivity contribution in [1.29, 1.82) is 0 Å². The molecule has 6 heavy (non-hydrogen) atoms. The smallest absolute Gasteiger partial charge is 0.109 e. The van der Waals surface area contributed by atoms with Gasteiger partial charge in [0.25, 0.3) is 0 Å². The summed E-state index contributed by atoms with van der Waals surface area (Å²) < 4.78 is 0. The molecule has 0 N–H and O–H groups in total. The van der Waals surface area contributed by atoms with E-state index in [2.05, 4.69) is 20.3 Å². The summed E-state index contributed by atoms with van der Waals surface area (Å²) in [5.41, 5.74) is 0. The molecule has 0 aliphatic carbocycles. The quantitative estimate of drug-likeness (QED) is 0.313. The van der Waals surface area contributed by atoms with Crippen molar-refractivity contribution in [1.82, 2.24) is 0 Å². The fourth-order valence-electron chi connectivity index (χ4n) is 0.232. The van der Waals surface area contributed by atoms with Crippen LogP contribution in [-0.2, 0) is 0 Å². The van der Waals surface area contributed by atoms with E-state index >= 15 is 0 Å². The highest BCUT2D eigenvalue weighted by atomic mass is 13.4. The monoisotopic (exact) mass is 78.1 g/mol. The topological polar surface area (TPSA) is 0 Å². The molecule has 0 heterocycles. The number of hydrogen-bond donors (Lipinski definition) is 0. The van der Waals surface area contributed by atoms with Crippen molar-refractivity contribution in [2.24, 2.45) is 0 Å². The minimum atomic E-state index is 1.10. The van der Waals surface area contributed by atoms with Gasteiger partial charge < -0.3 is 0 Å². The Morgan fingerprint density at radius 3 is 2.50 bits per heavy atom. The van der Waals surface area contributed by atoms with E-state index in [1.165, 1.54) is 0 Å². The predicted molar refractivity (Wildman–Crippen MR) is 35.0 cm³/mol. The maximum atomic E-state index is 3.51. The summed E-state index contributed by atoms with van der Waals surface area (Å²) in [5, 5.41) is 0. The number of rotatable bonds is 2. The molecule has 2 heteroatoms. The number of allylic oxidation sites excluding steroid dienone is 2. The summed E-state index contributed by atoms with van der Waals surface area (Å²) in [6.07, 6.45) is 3.73. The molecule has 0 aliphatic heterocycles. The molecule has 0 amide bonds. The average molecular weight is 77.7 g/mol. The summed E-state index contributed by atoms with van der Waals surface area (Å²) in [4.78, 5) is 0. The Bertz CT molecular complexity index is 56.6. The van der Waals surface area contributed by atoms with Crippen LogP contribution in [0.1, 0.15) is 0 Å². The van der Waals surface area contributed by atoms with Gasteiger partial charge in [-0.15, -0.1) is 5.98 Å². The molecule has 0 saturated carbocycles. The summed E-state index contributed by atoms with van der Waals surface area (Å²) in [7, 11) is 3.20. The van der Waals surface area contributed by atoms with E-state index in [1.807, 2.05) is 6.08 Å². The highest BCUT2D eigenvalue weighted by Crippen LogP contribution is 1.64. The van der Waals surface area contributed by atoms with Crippen LogP contribution in [0.15, 0.2) is 24.7 Å². The largest absolute Gasteiger partial charge is 0.128 e. The summed E-state index contributed by atoms with van der Waals surface area (Å²) in [5.74, 6) is 2.06. The lowest BCUT2D eigenvalue weighted by Crippen LogP contribution is -1.76. The molecule has 0 atom stereocenters. The van der Waals surface area contributed by atoms with Gasteiger partial charge in [0.15, 0.2) is 0 Å². The molecule has 0 aromatic rings. The Hall–Kier alpha value is -0.390. The van der Waals surface area contributed by atoms with Crippen LogP contribution in [0.5, 0.6) is 0 Å². The Morgan fingerprint density at radius 2 is 2.33 bits per heavy atom. The zero-order chi connectivity index (χ0) is 4.83. The van der Waals surface area contributed by atoms with E-state index in [9.17, 15) is 0 Å². The molecule has 0 aromatic carbocycles. The molecule has 0 fully saturated rings. The van der Waals surface area contributed by atoms with E-state index in [4.69, 9.17) is 0 Å². The van der Waals surface area contributed by atoms with E-state index in [0.717, 1.165) is 7.17 Å². The van der Waals surface area contributed by atoms with Gasteiger partial charge in [-0.1, -0.05) is 18.7 Å². The normalized spacial score (nSPS) is 8.67. The standard InChI is InChI=1S/C4H8B2/c1-2-3-4-6-5/h2-4,6H,1,5H2/b4-3+. The van der Waals surface area contributed by atoms with Crippen molar-refractivity contribution in [3.8, 4) is 0 Å². The molecule has 0 aromatic heterocycles. The highest BCUT2D eigenvalue weighted by Gasteiger charge is 1.60. The van der Waals surface area contributed by atoms with E-state index < -0.39 is 0 Å². The van der Waals surface area contributed by atoms with Gasteiger partial charge in [0.1, 0.15) is 7.17 Å². The van der Waals surface area contributed by atoms with Gasteiger partial charge >= 0.3 is 0 Å². The van der Waals surface area contributed by atoms with Gasteiger partial charge in [0.05, 0.1) is 7.74 Å². The third-order valence-corrected chi connectivity index (χ3v) is 0.508. The van der Waals surface area contributed by atoms with Crippen LogP contribution in [0.25, 0.3) is 0 Å². The van der Waals surface area contributed by atoms with Crippen LogP contribution >= 0.6 is 0 Å². The van der Waals surface area contributed by atoms with Crippen LogP contribution in [-0.4, -0.2) is 14.9 Å². The molecule has 0 radical (unpaired) electrons. The minimum absolute atomic E-state index is 1.10. The van der Waals surface area contributed by atoms with Crippen molar-refractivity contribution < 1.29 is 0 Å². The molecule has 0 bridgehead atoms. The molecule has 0 saturated heterocycles. The van der Waals surface area contributed by atoms with Gasteiger partial charge in [-0.2, -0.15) is 0 Å². The second kappa shape index (κ2) is 4.61. The molecular weight excluding hydrogens is 69.7 g/mol. The first-order valence-electron chi connectivity index (χ1n) is 2.19. The molecule has 0 rings (SSSR count). The van der Waals surface area contributed by atoms with Crippen LogP contribution < -0.4 is 0 Å². The van der Waals surface area contributed by atoms with Crippen LogP contribution in [0.4, 0.5) is 0 Å². The van der Waals surface area contributed by atoms with Gasteiger partial charge in [-0.25, -0.2) is 0 Å². The molecule has 30 valence electrons. The van der Waals surface area contributed by atoms with E-state index in [-0.39, 0.29) is 0 Å². The SMILES string of the molecule is BB/C=C/C=C. The van der Waals surface area contributed by atoms with Gasteiger partial charge in [0, 0.05) is 0 Å². The van der Waals surface area contributed by atoms with Crippen molar-refractivity contribution in [2.75, 3.05) is 0 Å². The average Bonchev–Trinajstić information content (AvgIpc) is 1.61. The molecule has 0 spiro atoms. The second-order valence-electron chi connectivity index (χ2n) is 1.07. The van der Waals surface area contributed by atoms with E-state index in [1.54, 1.807) is 6.08 Å². The minimum Gasteiger partial charge on any atom is -0.128 e. The Labute approximate surface area is 40.6 Å². The van der Waals surface area contributed by atoms with Gasteiger partial charge in [0.2, 0.25) is 0 Å². The first-order valence-corrected chi connectivity index (χ1v) is 2.19. The van der Waals surface area contributed by atoms with Crippen molar-refractivity contribution >= 4 is 14.9 Å². The first kappa shape index (κ1) is 5.61. The fraction of sp³-hybridized carbons (Fsp3) is 0. The molecule has 0 nitrogen and oxygen atoms in total. The zero-order valence-electron chi connectivity index (χ0n) is 4.15. The predicted octanol–water partition coefficient (Wildman–Crippen LogP) is -0.329. The molecular formula is C4H8B2. The van der Waals surface area contributed by atoms with Crippen LogP contribution in [0, 0.1) is 0 Å². The molecule has 0 aliphatic rings. The summed E-state index contributed by atoms with van der Waals surface area (Å²) in [6.45, 7) is 3.51. The summed E-state index contributed by atoms with van der Waals surface area (Å²) >= 11 is 0. The van der Waals surface area contributed by atoms with Crippen LogP contribution in [0.2, 0.25) is 0 Å². The molecule has 0 unspecified atom stereocenters. The van der Waals surface area contributed by atoms with Crippen molar-refractivity contribution in [3.63, 3.8) is 0 Å². The summed E-state index contributed by atoms with van der Waals surface area (Å²) in [6, 6.07) is 0. The lowest BCUT2D eigenvalue weighted by atomic mass is 9.56. The highest BCUT2D eigenvalue weighted by molar-refractivity contribution is 6.92. The van der Waals surface area contributed by atoms with E-state index in [0.29, 0.717) is 0 Å². The lowest BCUT2D eigenvalue weighted by Gasteiger charge is -1.64. The third kappa shape index (κ3) is 3.61. The maximum absolute atomic E-state index is 3.51. The maximum Gasteiger partial charge on any atom is 0.109 e. The van der Waals surface area contributed by atoms with Crippen molar-refractivity contribution in [2.45, 2.75) is 0 Å². The lowest BCUT2D eigenvalue weighted by molar-refractivity contribution is 2.11. The van der Waals surface area contributed by atoms with Crippen molar-refractivity contribution in [3.05, 3.63) is 24.7 Å². The Balaban J connectivity index is 2.94. The zero-order valence-corrected chi connectivity index (χ0v) is 4.15. The van der Waals surface area contributed by atoms with Gasteiger partial charge in [-0.05, 0) is 0 Å². The second-order valence-corrected chi connectivity index (χ2v) is 1.07. The third-order valence-electron chi connectivity index (χ3n) is 0.508. The fourth-order valence-corrected chi connectivity index (χ4v) is 0.232.